The number of halogens is 3. The lowest BCUT2D eigenvalue weighted by Crippen LogP contribution is -2.32. The van der Waals surface area contributed by atoms with Crippen LogP contribution in [0.4, 0.5) is 0 Å². The van der Waals surface area contributed by atoms with E-state index in [9.17, 15) is 4.79 Å². The first-order chi connectivity index (χ1) is 11.3. The number of hydrogen-bond donors (Lipinski definition) is 2. The number of aromatic nitrogens is 2. The van der Waals surface area contributed by atoms with Crippen LogP contribution in [0.3, 0.4) is 0 Å². The third-order valence-electron chi connectivity index (χ3n) is 3.97. The molecule has 0 spiro atoms. The Labute approximate surface area is 164 Å². The molecule has 1 aromatic heterocycles. The van der Waals surface area contributed by atoms with Crippen LogP contribution < -0.4 is 11.1 Å². The van der Waals surface area contributed by atoms with E-state index < -0.39 is 0 Å². The predicted octanol–water partition coefficient (Wildman–Crippen LogP) is 3.47. The largest absolute Gasteiger partial charge is 0.355 e. The maximum atomic E-state index is 12.2. The number of benzene rings is 1. The van der Waals surface area contributed by atoms with E-state index in [1.807, 2.05) is 26.8 Å². The van der Waals surface area contributed by atoms with Gasteiger partial charge in [-0.2, -0.15) is 5.10 Å². The molecule has 25 heavy (non-hydrogen) atoms. The van der Waals surface area contributed by atoms with Crippen LogP contribution >= 0.6 is 35.6 Å². The van der Waals surface area contributed by atoms with Crippen molar-refractivity contribution >= 4 is 41.5 Å². The van der Waals surface area contributed by atoms with Crippen LogP contribution in [0, 0.1) is 19.8 Å². The van der Waals surface area contributed by atoms with E-state index in [-0.39, 0.29) is 30.7 Å². The number of carbonyl (C=O) groups is 1. The van der Waals surface area contributed by atoms with E-state index in [1.165, 1.54) is 0 Å². The molecule has 1 heterocycles. The van der Waals surface area contributed by atoms with Crippen LogP contribution in [0.15, 0.2) is 18.2 Å². The van der Waals surface area contributed by atoms with E-state index in [0.29, 0.717) is 23.1 Å². The summed E-state index contributed by atoms with van der Waals surface area (Å²) in [6.45, 7) is 6.93. The van der Waals surface area contributed by atoms with Gasteiger partial charge in [0.25, 0.3) is 0 Å². The van der Waals surface area contributed by atoms with Crippen LogP contribution in [0.5, 0.6) is 0 Å². The number of carbonyl (C=O) groups excluding carboxylic acids is 1. The Morgan fingerprint density at radius 2 is 2.04 bits per heavy atom. The average molecular weight is 406 g/mol. The molecule has 0 bridgehead atoms. The summed E-state index contributed by atoms with van der Waals surface area (Å²) in [5, 5.41) is 8.51. The molecule has 1 unspecified atom stereocenters. The number of aryl methyl sites for hydroxylation is 1. The molecule has 5 nitrogen and oxygen atoms in total. The highest BCUT2D eigenvalue weighted by Crippen LogP contribution is 2.27. The van der Waals surface area contributed by atoms with Gasteiger partial charge in [-0.3, -0.25) is 4.79 Å². The molecule has 138 valence electrons. The lowest BCUT2D eigenvalue weighted by Gasteiger charge is -2.10. The Hall–Kier alpha value is -1.27. The van der Waals surface area contributed by atoms with Crippen molar-refractivity contribution in [3.05, 3.63) is 45.2 Å². The van der Waals surface area contributed by atoms with Crippen molar-refractivity contribution in [2.24, 2.45) is 11.7 Å². The highest BCUT2D eigenvalue weighted by atomic mass is 35.5. The highest BCUT2D eigenvalue weighted by Gasteiger charge is 2.17. The van der Waals surface area contributed by atoms with Gasteiger partial charge in [-0.15, -0.1) is 12.4 Å². The zero-order valence-corrected chi connectivity index (χ0v) is 16.8. The predicted molar refractivity (Wildman–Crippen MR) is 105 cm³/mol. The Kier molecular flexibility index (Phi) is 8.22. The van der Waals surface area contributed by atoms with E-state index in [1.54, 1.807) is 16.8 Å². The minimum absolute atomic E-state index is 0. The summed E-state index contributed by atoms with van der Waals surface area (Å²) in [5.74, 6) is 0.218. The fraction of sp³-hybridized carbons (Fsp3) is 0.412. The van der Waals surface area contributed by atoms with Gasteiger partial charge in [-0.05, 0) is 44.5 Å². The van der Waals surface area contributed by atoms with E-state index in [2.05, 4.69) is 10.4 Å². The third kappa shape index (κ3) is 5.35. The van der Waals surface area contributed by atoms with Crippen molar-refractivity contribution in [2.45, 2.75) is 27.2 Å². The Morgan fingerprint density at radius 1 is 1.36 bits per heavy atom. The van der Waals surface area contributed by atoms with E-state index in [0.717, 1.165) is 22.6 Å². The Bertz CT molecular complexity index is 746. The molecule has 8 heteroatoms. The minimum atomic E-state index is -0.0387. The van der Waals surface area contributed by atoms with Crippen LogP contribution in [-0.2, 0) is 11.2 Å². The summed E-state index contributed by atoms with van der Waals surface area (Å²) in [6, 6.07) is 5.26. The lowest BCUT2D eigenvalue weighted by atomic mass is 10.1. The van der Waals surface area contributed by atoms with Gasteiger partial charge in [-0.25, -0.2) is 4.68 Å². The second kappa shape index (κ2) is 9.43. The standard InChI is InChI=1S/C17H22Cl2N4O.ClH/c1-10(8-20)9-21-17(24)7-14-11(2)22-23(12(14)3)16-5-4-13(18)6-15(16)19;/h4-6,10H,7-9,20H2,1-3H3,(H,21,24);1H. The molecule has 1 aromatic carbocycles. The molecule has 1 atom stereocenters. The SMILES string of the molecule is Cc1nn(-c2ccc(Cl)cc2Cl)c(C)c1CC(=O)NCC(C)CN.Cl. The van der Waals surface area contributed by atoms with Gasteiger partial charge >= 0.3 is 0 Å². The second-order valence-electron chi connectivity index (χ2n) is 5.98. The number of nitrogens with zero attached hydrogens (tertiary/aromatic N) is 2. The quantitative estimate of drug-likeness (QED) is 0.773. The van der Waals surface area contributed by atoms with Crippen molar-refractivity contribution in [3.8, 4) is 5.69 Å². The molecule has 2 rings (SSSR count). The summed E-state index contributed by atoms with van der Waals surface area (Å²) in [7, 11) is 0. The molecule has 0 saturated heterocycles. The first kappa shape index (κ1) is 21.8. The molecular weight excluding hydrogens is 383 g/mol. The smallest absolute Gasteiger partial charge is 0.224 e. The number of hydrogen-bond acceptors (Lipinski definition) is 3. The number of nitrogens with two attached hydrogens (primary N) is 1. The molecule has 3 N–H and O–H groups in total. The first-order valence-corrected chi connectivity index (χ1v) is 8.56. The Balaban J connectivity index is 0.00000312. The summed E-state index contributed by atoms with van der Waals surface area (Å²) < 4.78 is 1.75. The average Bonchev–Trinajstić information content (AvgIpc) is 2.80. The fourth-order valence-corrected chi connectivity index (χ4v) is 2.90. The molecule has 0 fully saturated rings. The zero-order valence-electron chi connectivity index (χ0n) is 14.5. The van der Waals surface area contributed by atoms with Crippen LogP contribution in [0.2, 0.25) is 10.0 Å². The zero-order chi connectivity index (χ0) is 17.9. The van der Waals surface area contributed by atoms with E-state index >= 15 is 0 Å². The molecule has 0 radical (unpaired) electrons. The van der Waals surface area contributed by atoms with Crippen LogP contribution in [-0.4, -0.2) is 28.8 Å². The molecule has 0 saturated carbocycles. The topological polar surface area (TPSA) is 72.9 Å². The van der Waals surface area contributed by atoms with Gasteiger partial charge in [0, 0.05) is 22.8 Å². The summed E-state index contributed by atoms with van der Waals surface area (Å²) in [4.78, 5) is 12.2. The molecule has 0 aliphatic carbocycles. The van der Waals surface area contributed by atoms with Gasteiger partial charge in [0.2, 0.25) is 5.91 Å². The van der Waals surface area contributed by atoms with Crippen molar-refractivity contribution in [3.63, 3.8) is 0 Å². The lowest BCUT2D eigenvalue weighted by molar-refractivity contribution is -0.120. The number of nitrogens with one attached hydrogen (secondary N) is 1. The monoisotopic (exact) mass is 404 g/mol. The van der Waals surface area contributed by atoms with Crippen molar-refractivity contribution < 1.29 is 4.79 Å². The Morgan fingerprint density at radius 3 is 2.64 bits per heavy atom. The molecule has 2 aromatic rings. The second-order valence-corrected chi connectivity index (χ2v) is 6.82. The first-order valence-electron chi connectivity index (χ1n) is 7.80. The van der Waals surface area contributed by atoms with Gasteiger partial charge in [0.1, 0.15) is 0 Å². The highest BCUT2D eigenvalue weighted by molar-refractivity contribution is 6.35. The number of amides is 1. The van der Waals surface area contributed by atoms with Gasteiger partial charge in [-0.1, -0.05) is 30.1 Å². The number of rotatable bonds is 6. The van der Waals surface area contributed by atoms with Gasteiger partial charge in [0.15, 0.2) is 0 Å². The molecule has 1 amide bonds. The fourth-order valence-electron chi connectivity index (χ4n) is 2.41. The van der Waals surface area contributed by atoms with Crippen LogP contribution in [0.1, 0.15) is 23.9 Å². The van der Waals surface area contributed by atoms with Gasteiger partial charge < -0.3 is 11.1 Å². The third-order valence-corrected chi connectivity index (χ3v) is 4.50. The van der Waals surface area contributed by atoms with Crippen molar-refractivity contribution in [1.29, 1.82) is 0 Å². The van der Waals surface area contributed by atoms with Crippen molar-refractivity contribution in [1.82, 2.24) is 15.1 Å². The van der Waals surface area contributed by atoms with E-state index in [4.69, 9.17) is 28.9 Å². The summed E-state index contributed by atoms with van der Waals surface area (Å²) in [6.07, 6.45) is 0.278. The molecule has 0 aliphatic heterocycles. The summed E-state index contributed by atoms with van der Waals surface area (Å²) in [5.41, 5.74) is 8.90. The summed E-state index contributed by atoms with van der Waals surface area (Å²) >= 11 is 12.2. The molecule has 0 aliphatic rings. The minimum Gasteiger partial charge on any atom is -0.355 e. The van der Waals surface area contributed by atoms with Crippen molar-refractivity contribution in [2.75, 3.05) is 13.1 Å². The normalized spacial score (nSPS) is 11.8. The maximum absolute atomic E-state index is 12.2. The maximum Gasteiger partial charge on any atom is 0.224 e. The van der Waals surface area contributed by atoms with Crippen LogP contribution in [0.25, 0.3) is 5.69 Å². The van der Waals surface area contributed by atoms with Gasteiger partial charge in [0.05, 0.1) is 22.8 Å². The molecular formula is C17H23Cl3N4O.